The van der Waals surface area contributed by atoms with Crippen molar-refractivity contribution < 1.29 is 4.79 Å². The lowest BCUT2D eigenvalue weighted by atomic mass is 9.99. The van der Waals surface area contributed by atoms with Crippen LogP contribution in [0.15, 0.2) is 29.3 Å². The summed E-state index contributed by atoms with van der Waals surface area (Å²) in [4.78, 5) is 18.6. The van der Waals surface area contributed by atoms with Gasteiger partial charge in [0.1, 0.15) is 0 Å². The second-order valence-electron chi connectivity index (χ2n) is 8.07. The third-order valence-corrected chi connectivity index (χ3v) is 5.25. The summed E-state index contributed by atoms with van der Waals surface area (Å²) in [5.41, 5.74) is 1.98. The van der Waals surface area contributed by atoms with Crippen LogP contribution in [0.3, 0.4) is 0 Å². The minimum Gasteiger partial charge on any atom is -0.356 e. The molecule has 1 aromatic carbocycles. The summed E-state index contributed by atoms with van der Waals surface area (Å²) in [6.07, 6.45) is 3.78. The molecule has 0 bridgehead atoms. The number of rotatable bonds is 8. The van der Waals surface area contributed by atoms with E-state index in [4.69, 9.17) is 0 Å². The van der Waals surface area contributed by atoms with E-state index in [1.807, 2.05) is 38.1 Å². The predicted octanol–water partition coefficient (Wildman–Crippen LogP) is 3.69. The van der Waals surface area contributed by atoms with Crippen molar-refractivity contribution >= 4 is 41.5 Å². The Morgan fingerprint density at radius 1 is 1.17 bits per heavy atom. The van der Waals surface area contributed by atoms with Crippen LogP contribution in [0.2, 0.25) is 0 Å². The number of piperidine rings is 1. The van der Waals surface area contributed by atoms with E-state index in [0.29, 0.717) is 6.54 Å². The topological polar surface area (TPSA) is 68.8 Å². The van der Waals surface area contributed by atoms with E-state index in [0.717, 1.165) is 42.6 Å². The van der Waals surface area contributed by atoms with E-state index in [2.05, 4.69) is 32.8 Å². The molecule has 1 saturated heterocycles. The SMILES string of the molecule is CN=C(NCCCN1CCC(C)CC1)NCc1ccc(NC(=O)C(C)C)cc1.I. The average Bonchev–Trinajstić information content (AvgIpc) is 2.69. The van der Waals surface area contributed by atoms with E-state index in [1.54, 1.807) is 7.05 Å². The third kappa shape index (κ3) is 9.80. The van der Waals surface area contributed by atoms with Gasteiger partial charge in [-0.15, -0.1) is 24.0 Å². The molecule has 1 aromatic rings. The molecule has 7 heteroatoms. The number of amides is 1. The van der Waals surface area contributed by atoms with Crippen molar-refractivity contribution in [1.82, 2.24) is 15.5 Å². The molecule has 1 aliphatic heterocycles. The number of guanidine groups is 1. The third-order valence-electron chi connectivity index (χ3n) is 5.25. The van der Waals surface area contributed by atoms with Crippen molar-refractivity contribution in [1.29, 1.82) is 0 Å². The molecule has 1 heterocycles. The molecule has 0 atom stereocenters. The quantitative estimate of drug-likeness (QED) is 0.214. The normalized spacial score (nSPS) is 15.7. The Kier molecular flexibility index (Phi) is 12.2. The lowest BCUT2D eigenvalue weighted by Gasteiger charge is -2.30. The number of hydrogen-bond acceptors (Lipinski definition) is 3. The van der Waals surface area contributed by atoms with E-state index in [9.17, 15) is 4.79 Å². The molecule has 0 radical (unpaired) electrons. The van der Waals surface area contributed by atoms with Gasteiger partial charge in [-0.1, -0.05) is 32.9 Å². The number of likely N-dealkylation sites (tertiary alicyclic amines) is 1. The van der Waals surface area contributed by atoms with Crippen molar-refractivity contribution in [3.05, 3.63) is 29.8 Å². The molecule has 0 spiro atoms. The maximum atomic E-state index is 11.7. The molecule has 0 unspecified atom stereocenters. The Morgan fingerprint density at radius 2 is 1.83 bits per heavy atom. The lowest BCUT2D eigenvalue weighted by Crippen LogP contribution is -2.39. The molecule has 0 saturated carbocycles. The molecular formula is C22H38IN5O. The Morgan fingerprint density at radius 3 is 2.41 bits per heavy atom. The Labute approximate surface area is 193 Å². The highest BCUT2D eigenvalue weighted by Gasteiger charge is 2.14. The first-order valence-electron chi connectivity index (χ1n) is 10.5. The predicted molar refractivity (Wildman–Crippen MR) is 133 cm³/mol. The van der Waals surface area contributed by atoms with Gasteiger partial charge in [-0.05, 0) is 62.5 Å². The molecule has 0 aliphatic carbocycles. The van der Waals surface area contributed by atoms with Gasteiger partial charge < -0.3 is 20.9 Å². The van der Waals surface area contributed by atoms with Crippen molar-refractivity contribution in [3.63, 3.8) is 0 Å². The second-order valence-corrected chi connectivity index (χ2v) is 8.07. The largest absolute Gasteiger partial charge is 0.356 e. The van der Waals surface area contributed by atoms with E-state index in [1.165, 1.54) is 25.9 Å². The molecule has 3 N–H and O–H groups in total. The summed E-state index contributed by atoms with van der Waals surface area (Å²) in [5.74, 6) is 1.73. The van der Waals surface area contributed by atoms with Crippen molar-refractivity contribution in [3.8, 4) is 0 Å². The van der Waals surface area contributed by atoms with Gasteiger partial charge in [-0.25, -0.2) is 0 Å². The number of halogens is 1. The van der Waals surface area contributed by atoms with Crippen LogP contribution in [0, 0.1) is 11.8 Å². The van der Waals surface area contributed by atoms with Crippen LogP contribution in [0.1, 0.15) is 45.6 Å². The van der Waals surface area contributed by atoms with Gasteiger partial charge in [-0.2, -0.15) is 0 Å². The number of hydrogen-bond donors (Lipinski definition) is 3. The van der Waals surface area contributed by atoms with Crippen LogP contribution in [0.5, 0.6) is 0 Å². The molecule has 29 heavy (non-hydrogen) atoms. The zero-order chi connectivity index (χ0) is 20.4. The molecule has 6 nitrogen and oxygen atoms in total. The van der Waals surface area contributed by atoms with Gasteiger partial charge >= 0.3 is 0 Å². The minimum atomic E-state index is -0.0192. The zero-order valence-corrected chi connectivity index (χ0v) is 20.7. The number of anilines is 1. The number of benzene rings is 1. The first kappa shape index (κ1) is 25.7. The van der Waals surface area contributed by atoms with Gasteiger partial charge in [-0.3, -0.25) is 9.79 Å². The van der Waals surface area contributed by atoms with Crippen LogP contribution in [-0.4, -0.2) is 50.0 Å². The molecular weight excluding hydrogens is 477 g/mol. The van der Waals surface area contributed by atoms with E-state index >= 15 is 0 Å². The average molecular weight is 515 g/mol. The van der Waals surface area contributed by atoms with Gasteiger partial charge in [0.05, 0.1) is 0 Å². The summed E-state index contributed by atoms with van der Waals surface area (Å²) in [7, 11) is 1.80. The number of aliphatic imine (C=N–C) groups is 1. The summed E-state index contributed by atoms with van der Waals surface area (Å²) in [5, 5.41) is 9.65. The second kappa shape index (κ2) is 13.8. The maximum Gasteiger partial charge on any atom is 0.226 e. The van der Waals surface area contributed by atoms with Crippen LogP contribution < -0.4 is 16.0 Å². The summed E-state index contributed by atoms with van der Waals surface area (Å²) in [6.45, 7) is 11.4. The molecule has 164 valence electrons. The smallest absolute Gasteiger partial charge is 0.226 e. The molecule has 2 rings (SSSR count). The fourth-order valence-corrected chi connectivity index (χ4v) is 3.19. The summed E-state index contributed by atoms with van der Waals surface area (Å²) in [6, 6.07) is 7.92. The van der Waals surface area contributed by atoms with Gasteiger partial charge in [0, 0.05) is 31.7 Å². The van der Waals surface area contributed by atoms with E-state index < -0.39 is 0 Å². The Hall–Kier alpha value is -1.35. The molecule has 1 amide bonds. The Balaban J connectivity index is 0.00000420. The standard InChI is InChI=1S/C22H37N5O.HI/c1-17(2)21(28)26-20-8-6-19(7-9-20)16-25-22(23-4)24-12-5-13-27-14-10-18(3)11-15-27;/h6-9,17-18H,5,10-16H2,1-4H3,(H,26,28)(H2,23,24,25);1H. The number of carbonyl (C=O) groups excluding carboxylic acids is 1. The Bertz CT molecular complexity index is 625. The number of carbonyl (C=O) groups is 1. The van der Waals surface area contributed by atoms with Crippen molar-refractivity contribution in [2.75, 3.05) is 38.5 Å². The van der Waals surface area contributed by atoms with Gasteiger partial charge in [0.2, 0.25) is 5.91 Å². The first-order valence-corrected chi connectivity index (χ1v) is 10.5. The highest BCUT2D eigenvalue weighted by atomic mass is 127. The van der Waals surface area contributed by atoms with Gasteiger partial charge in [0.15, 0.2) is 5.96 Å². The van der Waals surface area contributed by atoms with Gasteiger partial charge in [0.25, 0.3) is 0 Å². The highest BCUT2D eigenvalue weighted by Crippen LogP contribution is 2.15. The maximum absolute atomic E-state index is 11.7. The van der Waals surface area contributed by atoms with Crippen LogP contribution >= 0.6 is 24.0 Å². The number of nitrogens with zero attached hydrogens (tertiary/aromatic N) is 2. The van der Waals surface area contributed by atoms with Crippen LogP contribution in [0.25, 0.3) is 0 Å². The summed E-state index contributed by atoms with van der Waals surface area (Å²) >= 11 is 0. The van der Waals surface area contributed by atoms with Crippen molar-refractivity contribution in [2.24, 2.45) is 16.8 Å². The number of nitrogens with one attached hydrogen (secondary N) is 3. The van der Waals surface area contributed by atoms with Crippen molar-refractivity contribution in [2.45, 2.75) is 46.6 Å². The van der Waals surface area contributed by atoms with Crippen LogP contribution in [-0.2, 0) is 11.3 Å². The first-order chi connectivity index (χ1) is 13.5. The molecule has 0 aromatic heterocycles. The lowest BCUT2D eigenvalue weighted by molar-refractivity contribution is -0.118. The molecule has 1 fully saturated rings. The highest BCUT2D eigenvalue weighted by molar-refractivity contribution is 14.0. The fraction of sp³-hybridized carbons (Fsp3) is 0.636. The van der Waals surface area contributed by atoms with Crippen LogP contribution in [0.4, 0.5) is 5.69 Å². The molecule has 1 aliphatic rings. The minimum absolute atomic E-state index is 0. The van der Waals surface area contributed by atoms with E-state index in [-0.39, 0.29) is 35.8 Å². The zero-order valence-electron chi connectivity index (χ0n) is 18.3. The monoisotopic (exact) mass is 515 g/mol. The fourth-order valence-electron chi connectivity index (χ4n) is 3.19. The summed E-state index contributed by atoms with van der Waals surface area (Å²) < 4.78 is 0.